The zero-order valence-corrected chi connectivity index (χ0v) is 22.1. The molecule has 1 aliphatic rings. The number of benzene rings is 2. The Kier molecular flexibility index (Phi) is 6.99. The lowest BCUT2D eigenvalue weighted by Gasteiger charge is -2.25. The Morgan fingerprint density at radius 1 is 1.18 bits per heavy atom. The molecule has 0 saturated heterocycles. The van der Waals surface area contributed by atoms with Gasteiger partial charge in [0.15, 0.2) is 4.80 Å². The van der Waals surface area contributed by atoms with Crippen molar-refractivity contribution in [3.05, 3.63) is 113 Å². The summed E-state index contributed by atoms with van der Waals surface area (Å²) in [7, 11) is 1.53. The number of allylic oxidation sites excluding steroid dienone is 1. The molecule has 3 heterocycles. The Hall–Kier alpha value is -4.77. The summed E-state index contributed by atoms with van der Waals surface area (Å²) in [5.74, 6) is 0.884. The van der Waals surface area contributed by atoms with E-state index in [1.54, 1.807) is 50.3 Å². The number of nitro benzene ring substituents is 1. The van der Waals surface area contributed by atoms with Crippen molar-refractivity contribution in [3.8, 4) is 17.1 Å². The summed E-state index contributed by atoms with van der Waals surface area (Å²) < 4.78 is 18.7. The summed E-state index contributed by atoms with van der Waals surface area (Å²) in [4.78, 5) is 42.3. The molecule has 39 heavy (non-hydrogen) atoms. The van der Waals surface area contributed by atoms with Crippen molar-refractivity contribution in [2.24, 2.45) is 4.99 Å². The number of furan rings is 1. The number of nitrogens with zero attached hydrogens (tertiary/aromatic N) is 3. The normalized spacial score (nSPS) is 15.1. The van der Waals surface area contributed by atoms with Crippen LogP contribution in [0.5, 0.6) is 5.75 Å². The van der Waals surface area contributed by atoms with Crippen molar-refractivity contribution in [1.82, 2.24) is 4.57 Å². The number of aromatic nitrogens is 1. The second-order valence-corrected chi connectivity index (χ2v) is 9.56. The fourth-order valence-corrected chi connectivity index (χ4v) is 5.47. The molecule has 1 atom stereocenters. The number of para-hydroxylation sites is 1. The standard InChI is InChI=1S/C28H23N3O7S/c1-4-37-27(33)24-16(2)29-28-30(25(24)20-7-5-6-8-22(20)36-3)26(32)23(39-28)15-19-13-14-21(38-19)17-9-11-18(12-10-17)31(34)35/h5-15,25H,4H2,1-3H3/b23-15+/t25-/m1/s1. The van der Waals surface area contributed by atoms with E-state index in [1.165, 1.54) is 35.1 Å². The number of thiazole rings is 1. The van der Waals surface area contributed by atoms with Crippen molar-refractivity contribution in [2.75, 3.05) is 13.7 Å². The van der Waals surface area contributed by atoms with Crippen molar-refractivity contribution in [3.63, 3.8) is 0 Å². The minimum absolute atomic E-state index is 0.0197. The molecule has 2 aromatic carbocycles. The van der Waals surface area contributed by atoms with E-state index in [2.05, 4.69) is 4.99 Å². The van der Waals surface area contributed by atoms with Crippen molar-refractivity contribution < 1.29 is 23.6 Å². The molecule has 0 fully saturated rings. The molecule has 0 bridgehead atoms. The third kappa shape index (κ3) is 4.79. The first-order chi connectivity index (χ1) is 18.8. The molecule has 5 rings (SSSR count). The molecule has 0 radical (unpaired) electrons. The van der Waals surface area contributed by atoms with Gasteiger partial charge in [-0.1, -0.05) is 29.5 Å². The van der Waals surface area contributed by atoms with Gasteiger partial charge < -0.3 is 13.9 Å². The number of carbonyl (C=O) groups excluding carboxylic acids is 1. The van der Waals surface area contributed by atoms with E-state index < -0.39 is 16.9 Å². The van der Waals surface area contributed by atoms with Gasteiger partial charge in [0.2, 0.25) is 0 Å². The molecular weight excluding hydrogens is 522 g/mol. The second-order valence-electron chi connectivity index (χ2n) is 8.55. The first-order valence-corrected chi connectivity index (χ1v) is 12.8. The molecule has 198 valence electrons. The number of nitro groups is 1. The summed E-state index contributed by atoms with van der Waals surface area (Å²) in [5.41, 5.74) is 1.64. The Labute approximate surface area is 225 Å². The molecule has 0 spiro atoms. The number of carbonyl (C=O) groups is 1. The highest BCUT2D eigenvalue weighted by molar-refractivity contribution is 7.07. The Morgan fingerprint density at radius 2 is 1.92 bits per heavy atom. The van der Waals surface area contributed by atoms with Gasteiger partial charge in [-0.3, -0.25) is 19.5 Å². The molecule has 11 heteroatoms. The molecule has 2 aromatic heterocycles. The summed E-state index contributed by atoms with van der Waals surface area (Å²) in [6, 6.07) is 15.8. The van der Waals surface area contributed by atoms with Crippen LogP contribution in [-0.2, 0) is 9.53 Å². The summed E-state index contributed by atoms with van der Waals surface area (Å²) >= 11 is 1.18. The van der Waals surface area contributed by atoms with E-state index >= 15 is 0 Å². The van der Waals surface area contributed by atoms with E-state index in [9.17, 15) is 19.7 Å². The van der Waals surface area contributed by atoms with Gasteiger partial charge in [0.1, 0.15) is 23.3 Å². The van der Waals surface area contributed by atoms with Crippen LogP contribution in [-0.4, -0.2) is 29.2 Å². The van der Waals surface area contributed by atoms with E-state index in [-0.39, 0.29) is 23.4 Å². The fraction of sp³-hybridized carbons (Fsp3) is 0.179. The van der Waals surface area contributed by atoms with Crippen LogP contribution >= 0.6 is 11.3 Å². The van der Waals surface area contributed by atoms with E-state index in [1.807, 2.05) is 18.2 Å². The van der Waals surface area contributed by atoms with Crippen LogP contribution in [0, 0.1) is 10.1 Å². The van der Waals surface area contributed by atoms with Crippen molar-refractivity contribution in [1.29, 1.82) is 0 Å². The summed E-state index contributed by atoms with van der Waals surface area (Å²) in [5, 5.41) is 10.9. The molecule has 1 aliphatic heterocycles. The highest BCUT2D eigenvalue weighted by Gasteiger charge is 2.35. The molecule has 0 amide bonds. The largest absolute Gasteiger partial charge is 0.496 e. The summed E-state index contributed by atoms with van der Waals surface area (Å²) in [6.45, 7) is 3.61. The number of ether oxygens (including phenoxy) is 2. The zero-order chi connectivity index (χ0) is 27.7. The molecular formula is C28H23N3O7S. The minimum Gasteiger partial charge on any atom is -0.496 e. The quantitative estimate of drug-likeness (QED) is 0.195. The van der Waals surface area contributed by atoms with Crippen LogP contribution in [0.15, 0.2) is 86.1 Å². The highest BCUT2D eigenvalue weighted by Crippen LogP contribution is 2.35. The van der Waals surface area contributed by atoms with Crippen LogP contribution in [0.1, 0.15) is 31.2 Å². The van der Waals surface area contributed by atoms with E-state index in [0.717, 1.165) is 0 Å². The number of non-ortho nitro benzene ring substituents is 1. The highest BCUT2D eigenvalue weighted by atomic mass is 32.1. The number of rotatable bonds is 7. The minimum atomic E-state index is -0.800. The van der Waals surface area contributed by atoms with Crippen LogP contribution in [0.2, 0.25) is 0 Å². The number of methoxy groups -OCH3 is 1. The van der Waals surface area contributed by atoms with Crippen molar-refractivity contribution in [2.45, 2.75) is 19.9 Å². The maximum atomic E-state index is 13.8. The smallest absolute Gasteiger partial charge is 0.338 e. The SMILES string of the molecule is CCOC(=O)C1=C(C)N=c2s/c(=C/c3ccc(-c4ccc([N+](=O)[O-])cc4)o3)c(=O)n2[C@@H]1c1ccccc1OC. The Balaban J connectivity index is 1.62. The van der Waals surface area contributed by atoms with Crippen LogP contribution in [0.4, 0.5) is 5.69 Å². The van der Waals surface area contributed by atoms with Crippen LogP contribution in [0.3, 0.4) is 0 Å². The predicted octanol–water partition coefficient (Wildman–Crippen LogP) is 3.98. The lowest BCUT2D eigenvalue weighted by molar-refractivity contribution is -0.384. The van der Waals surface area contributed by atoms with Gasteiger partial charge in [0, 0.05) is 29.3 Å². The first kappa shape index (κ1) is 25.9. The number of esters is 1. The fourth-order valence-electron chi connectivity index (χ4n) is 4.44. The van der Waals surface area contributed by atoms with Crippen LogP contribution < -0.4 is 19.6 Å². The average Bonchev–Trinajstić information content (AvgIpc) is 3.52. The molecule has 0 N–H and O–H groups in total. The lowest BCUT2D eigenvalue weighted by atomic mass is 9.95. The maximum Gasteiger partial charge on any atom is 0.338 e. The molecule has 4 aromatic rings. The van der Waals surface area contributed by atoms with Gasteiger partial charge in [-0.05, 0) is 44.2 Å². The maximum absolute atomic E-state index is 13.8. The number of fused-ring (bicyclic) bond motifs is 1. The lowest BCUT2D eigenvalue weighted by Crippen LogP contribution is -2.40. The second kappa shape index (κ2) is 10.5. The Bertz CT molecular complexity index is 1800. The van der Waals surface area contributed by atoms with Gasteiger partial charge in [0.25, 0.3) is 11.2 Å². The molecule has 0 unspecified atom stereocenters. The van der Waals surface area contributed by atoms with E-state index in [4.69, 9.17) is 13.9 Å². The summed E-state index contributed by atoms with van der Waals surface area (Å²) in [6.07, 6.45) is 1.61. The van der Waals surface area contributed by atoms with Gasteiger partial charge in [-0.25, -0.2) is 9.79 Å². The van der Waals surface area contributed by atoms with E-state index in [0.29, 0.717) is 43.4 Å². The molecule has 0 aliphatic carbocycles. The third-order valence-electron chi connectivity index (χ3n) is 6.21. The monoisotopic (exact) mass is 545 g/mol. The Morgan fingerprint density at radius 3 is 2.62 bits per heavy atom. The zero-order valence-electron chi connectivity index (χ0n) is 21.2. The third-order valence-corrected chi connectivity index (χ3v) is 7.20. The van der Waals surface area contributed by atoms with Crippen molar-refractivity contribution >= 4 is 29.1 Å². The van der Waals surface area contributed by atoms with Gasteiger partial charge in [0.05, 0.1) is 34.4 Å². The van der Waals surface area contributed by atoms with Gasteiger partial charge >= 0.3 is 5.97 Å². The number of hydrogen-bond donors (Lipinski definition) is 0. The number of hydrogen-bond acceptors (Lipinski definition) is 9. The predicted molar refractivity (Wildman–Crippen MR) is 144 cm³/mol. The van der Waals surface area contributed by atoms with Crippen LogP contribution in [0.25, 0.3) is 17.4 Å². The molecule has 0 saturated carbocycles. The topological polar surface area (TPSA) is 126 Å². The first-order valence-electron chi connectivity index (χ1n) is 12.0. The average molecular weight is 546 g/mol. The van der Waals surface area contributed by atoms with Gasteiger partial charge in [-0.2, -0.15) is 0 Å². The van der Waals surface area contributed by atoms with Gasteiger partial charge in [-0.15, -0.1) is 0 Å². The molecule has 10 nitrogen and oxygen atoms in total.